The number of amides is 1. The summed E-state index contributed by atoms with van der Waals surface area (Å²) in [5.41, 5.74) is 3.24. The van der Waals surface area contributed by atoms with E-state index in [2.05, 4.69) is 15.7 Å². The first-order valence-corrected chi connectivity index (χ1v) is 15.7. The topological polar surface area (TPSA) is 180 Å². The predicted octanol–water partition coefficient (Wildman–Crippen LogP) is 3.54. The van der Waals surface area contributed by atoms with Gasteiger partial charge in [0.1, 0.15) is 0 Å². The fourth-order valence-corrected chi connectivity index (χ4v) is 7.86. The van der Waals surface area contributed by atoms with Gasteiger partial charge in [-0.05, 0) is 107 Å². The van der Waals surface area contributed by atoms with E-state index in [9.17, 15) is 29.9 Å². The van der Waals surface area contributed by atoms with Crippen LogP contribution >= 0.6 is 0 Å². The number of hydrogen-bond donors (Lipinski definition) is 5. The minimum absolute atomic E-state index is 0.00336. The first-order chi connectivity index (χ1) is 19.7. The van der Waals surface area contributed by atoms with Crippen molar-refractivity contribution < 1.29 is 39.7 Å². The van der Waals surface area contributed by atoms with Gasteiger partial charge in [0.15, 0.2) is 0 Å². The van der Waals surface area contributed by atoms with E-state index in [1.165, 1.54) is 6.42 Å². The third kappa shape index (κ3) is 9.31. The maximum atomic E-state index is 13.0. The van der Waals surface area contributed by atoms with E-state index < -0.39 is 23.8 Å². The maximum Gasteiger partial charge on any atom is 0.307 e. The van der Waals surface area contributed by atoms with E-state index in [0.29, 0.717) is 30.9 Å². The molecule has 5 N–H and O–H groups in total. The molecule has 0 bridgehead atoms. The lowest BCUT2D eigenvalue weighted by Gasteiger charge is -2.36. The highest BCUT2D eigenvalue weighted by Gasteiger charge is 2.44. The smallest absolute Gasteiger partial charge is 0.307 e. The van der Waals surface area contributed by atoms with Crippen LogP contribution < -0.4 is 10.8 Å². The number of carbonyl (C=O) groups is 2. The Kier molecular flexibility index (Phi) is 12.2. The summed E-state index contributed by atoms with van der Waals surface area (Å²) in [6.07, 6.45) is 11.7. The molecule has 1 amide bonds. The van der Waals surface area contributed by atoms with Crippen molar-refractivity contribution in [2.45, 2.75) is 121 Å². The molecule has 0 heterocycles. The minimum atomic E-state index is -1.04. The Morgan fingerprint density at radius 3 is 2.07 bits per heavy atom. The van der Waals surface area contributed by atoms with Gasteiger partial charge in [-0.3, -0.25) is 25.0 Å². The normalized spacial score (nSPS) is 38.2. The Balaban J connectivity index is 1.11. The molecule has 0 spiro atoms. The quantitative estimate of drug-likeness (QED) is 0.129. The highest BCUT2D eigenvalue weighted by atomic mass is 17.1. The number of nitrogens with one attached hydrogen (secondary N) is 2. The number of carbonyl (C=O) groups excluding carboxylic acids is 1. The summed E-state index contributed by atoms with van der Waals surface area (Å²) >= 11 is 0. The number of rotatable bonds is 12. The molecule has 0 saturated heterocycles. The van der Waals surface area contributed by atoms with E-state index >= 15 is 0 Å². The van der Waals surface area contributed by atoms with E-state index in [0.717, 1.165) is 64.2 Å². The molecule has 4 saturated carbocycles. The van der Waals surface area contributed by atoms with Crippen molar-refractivity contribution in [1.29, 1.82) is 0 Å². The Morgan fingerprint density at radius 2 is 1.46 bits per heavy atom. The van der Waals surface area contributed by atoms with Gasteiger partial charge >= 0.3 is 5.97 Å². The molecule has 0 aliphatic heterocycles. The van der Waals surface area contributed by atoms with Crippen LogP contribution in [0.1, 0.15) is 96.3 Å². The molecule has 0 aromatic heterocycles. The predicted molar refractivity (Wildman–Crippen MR) is 148 cm³/mol. The van der Waals surface area contributed by atoms with E-state index in [1.807, 2.05) is 0 Å². The molecule has 0 aromatic rings. The number of carboxylic acid groups (broad SMARTS) is 1. The minimum Gasteiger partial charge on any atom is -0.481 e. The molecule has 4 fully saturated rings. The van der Waals surface area contributed by atoms with Gasteiger partial charge in [0, 0.05) is 29.8 Å². The van der Waals surface area contributed by atoms with Crippen LogP contribution in [0.4, 0.5) is 0 Å². The SMILES string of the molecule is O=C(O)C1CCC([N+](=O)[O-])CC1C(=O)NC1CCC(CC2CCC(NOCC3CC(O)CCC3COO)CC2)CC1. The molecular weight excluding hydrogens is 534 g/mol. The van der Waals surface area contributed by atoms with Gasteiger partial charge in [-0.25, -0.2) is 4.89 Å². The summed E-state index contributed by atoms with van der Waals surface area (Å²) in [7, 11) is 0. The van der Waals surface area contributed by atoms with Gasteiger partial charge in [-0.15, -0.1) is 0 Å². The summed E-state index contributed by atoms with van der Waals surface area (Å²) in [6.45, 7) is 0.773. The summed E-state index contributed by atoms with van der Waals surface area (Å²) in [6, 6.07) is -0.517. The van der Waals surface area contributed by atoms with Crippen molar-refractivity contribution in [3.05, 3.63) is 10.1 Å². The zero-order valence-electron chi connectivity index (χ0n) is 24.0. The summed E-state index contributed by atoms with van der Waals surface area (Å²) in [5.74, 6) is -1.41. The van der Waals surface area contributed by atoms with Crippen molar-refractivity contribution in [3.8, 4) is 0 Å². The number of hydroxylamine groups is 1. The van der Waals surface area contributed by atoms with Gasteiger partial charge in [0.25, 0.3) is 0 Å². The standard InChI is InChI=1S/C29H49N3O9/c33-25-11-5-20(17-41-39)21(14-25)16-40-31-23-8-3-19(4-9-23)13-18-1-6-22(7-2-18)30-28(34)27-15-24(32(37)38)10-12-26(27)29(35)36/h18-27,31,33,39H,1-17H2,(H,30,34)(H,35,36). The first kappa shape index (κ1) is 32.1. The highest BCUT2D eigenvalue weighted by Crippen LogP contribution is 2.37. The number of nitrogens with zero attached hydrogens (tertiary/aromatic N) is 1. The van der Waals surface area contributed by atoms with Crippen molar-refractivity contribution in [2.75, 3.05) is 13.2 Å². The van der Waals surface area contributed by atoms with Crippen LogP contribution in [0.15, 0.2) is 0 Å². The van der Waals surface area contributed by atoms with Crippen molar-refractivity contribution in [2.24, 2.45) is 35.5 Å². The second kappa shape index (κ2) is 15.6. The van der Waals surface area contributed by atoms with Crippen LogP contribution in [0.3, 0.4) is 0 Å². The number of hydrogen-bond acceptors (Lipinski definition) is 9. The van der Waals surface area contributed by atoms with Crippen LogP contribution in [-0.4, -0.2) is 69.7 Å². The lowest BCUT2D eigenvalue weighted by Crippen LogP contribution is -2.48. The molecule has 0 radical (unpaired) electrons. The second-order valence-corrected chi connectivity index (χ2v) is 13.2. The Bertz CT molecular complexity index is 860. The van der Waals surface area contributed by atoms with Crippen LogP contribution in [0.25, 0.3) is 0 Å². The van der Waals surface area contributed by atoms with E-state index in [1.54, 1.807) is 0 Å². The van der Waals surface area contributed by atoms with Gasteiger partial charge < -0.3 is 20.4 Å². The fourth-order valence-electron chi connectivity index (χ4n) is 7.86. The van der Waals surface area contributed by atoms with Crippen LogP contribution in [0, 0.1) is 45.6 Å². The van der Waals surface area contributed by atoms with Gasteiger partial charge in [-0.1, -0.05) is 0 Å². The van der Waals surface area contributed by atoms with Crippen LogP contribution in [0.5, 0.6) is 0 Å². The molecule has 6 unspecified atom stereocenters. The molecule has 12 nitrogen and oxygen atoms in total. The average Bonchev–Trinajstić information content (AvgIpc) is 2.96. The average molecular weight is 584 g/mol. The van der Waals surface area contributed by atoms with Crippen molar-refractivity contribution in [3.63, 3.8) is 0 Å². The Hall–Kier alpha value is -1.86. The van der Waals surface area contributed by atoms with Gasteiger partial charge in [0.2, 0.25) is 11.9 Å². The van der Waals surface area contributed by atoms with Crippen molar-refractivity contribution in [1.82, 2.24) is 10.8 Å². The molecule has 6 atom stereocenters. The Labute approximate surface area is 242 Å². The molecule has 12 heteroatoms. The number of aliphatic carboxylic acids is 1. The first-order valence-electron chi connectivity index (χ1n) is 15.7. The van der Waals surface area contributed by atoms with Crippen LogP contribution in [-0.2, 0) is 19.3 Å². The van der Waals surface area contributed by atoms with Gasteiger partial charge in [0.05, 0.1) is 31.2 Å². The van der Waals surface area contributed by atoms with E-state index in [4.69, 9.17) is 10.1 Å². The lowest BCUT2D eigenvalue weighted by molar-refractivity contribution is -0.528. The summed E-state index contributed by atoms with van der Waals surface area (Å²) in [5, 5.41) is 42.7. The number of aliphatic hydroxyl groups excluding tert-OH is 1. The third-order valence-electron chi connectivity index (χ3n) is 10.4. The van der Waals surface area contributed by atoms with E-state index in [-0.39, 0.29) is 60.7 Å². The largest absolute Gasteiger partial charge is 0.481 e. The lowest BCUT2D eigenvalue weighted by atomic mass is 9.75. The Morgan fingerprint density at radius 1 is 0.805 bits per heavy atom. The summed E-state index contributed by atoms with van der Waals surface area (Å²) in [4.78, 5) is 45.7. The van der Waals surface area contributed by atoms with Crippen LogP contribution in [0.2, 0.25) is 0 Å². The molecule has 4 aliphatic rings. The van der Waals surface area contributed by atoms with Crippen molar-refractivity contribution >= 4 is 11.9 Å². The number of aliphatic hydroxyl groups is 1. The maximum absolute atomic E-state index is 13.0. The highest BCUT2D eigenvalue weighted by molar-refractivity contribution is 5.85. The zero-order valence-corrected chi connectivity index (χ0v) is 24.0. The monoisotopic (exact) mass is 583 g/mol. The summed E-state index contributed by atoms with van der Waals surface area (Å²) < 4.78 is 0. The zero-order chi connectivity index (χ0) is 29.4. The molecule has 4 rings (SSSR count). The number of nitro groups is 1. The molecule has 41 heavy (non-hydrogen) atoms. The fraction of sp³-hybridized carbons (Fsp3) is 0.931. The molecule has 4 aliphatic carbocycles. The number of carboxylic acids is 1. The molecule has 234 valence electrons. The molecule has 0 aromatic carbocycles. The molecular formula is C29H49N3O9. The second-order valence-electron chi connectivity index (χ2n) is 13.2. The third-order valence-corrected chi connectivity index (χ3v) is 10.4. The van der Waals surface area contributed by atoms with Gasteiger partial charge in [-0.2, -0.15) is 5.48 Å².